The molecule has 0 spiro atoms. The summed E-state index contributed by atoms with van der Waals surface area (Å²) in [5.74, 6) is 1.22. The van der Waals surface area contributed by atoms with Crippen LogP contribution in [-0.2, 0) is 20.8 Å². The van der Waals surface area contributed by atoms with Gasteiger partial charge in [-0.25, -0.2) is 0 Å². The van der Waals surface area contributed by atoms with Crippen molar-refractivity contribution in [3.63, 3.8) is 0 Å². The van der Waals surface area contributed by atoms with Gasteiger partial charge in [-0.05, 0) is 5.92 Å². The molecular formula is C14H22N4O3S. The lowest BCUT2D eigenvalue weighted by Crippen LogP contribution is -2.38. The van der Waals surface area contributed by atoms with E-state index in [0.29, 0.717) is 25.7 Å². The van der Waals surface area contributed by atoms with Gasteiger partial charge in [0.2, 0.25) is 5.95 Å². The Bertz CT molecular complexity index is 528. The highest BCUT2D eigenvalue weighted by molar-refractivity contribution is 8.00. The van der Waals surface area contributed by atoms with Crippen LogP contribution in [0.15, 0.2) is 5.16 Å². The normalized spacial score (nSPS) is 22.4. The standard InChI is InChI=1S/C14H22N4O3S/c1-10(2)9-18-13(17-4-7-20-8-5-17)15-16-14(18)22-11-3-6-21-12(11)19/h10-11H,3-9H2,1-2H3/t11-/m1/s1. The van der Waals surface area contributed by atoms with Gasteiger partial charge in [-0.1, -0.05) is 25.6 Å². The van der Waals surface area contributed by atoms with E-state index in [1.54, 1.807) is 0 Å². The third-order valence-corrected chi connectivity index (χ3v) is 4.90. The number of cyclic esters (lactones) is 1. The summed E-state index contributed by atoms with van der Waals surface area (Å²) in [6.07, 6.45) is 0.741. The van der Waals surface area contributed by atoms with Crippen molar-refractivity contribution in [1.29, 1.82) is 0 Å². The lowest BCUT2D eigenvalue weighted by Gasteiger charge is -2.28. The smallest absolute Gasteiger partial charge is 0.319 e. The Balaban J connectivity index is 1.82. The Hall–Kier alpha value is -1.28. The molecule has 0 radical (unpaired) electrons. The number of carbonyl (C=O) groups excluding carboxylic acids is 1. The number of hydrogen-bond acceptors (Lipinski definition) is 7. The summed E-state index contributed by atoms with van der Waals surface area (Å²) in [6.45, 7) is 8.76. The Morgan fingerprint density at radius 1 is 1.27 bits per heavy atom. The Morgan fingerprint density at radius 2 is 2.05 bits per heavy atom. The summed E-state index contributed by atoms with van der Waals surface area (Å²) in [5.41, 5.74) is 0. The van der Waals surface area contributed by atoms with Crippen molar-refractivity contribution in [3.8, 4) is 0 Å². The first-order chi connectivity index (χ1) is 10.6. The average molecular weight is 326 g/mol. The zero-order valence-electron chi connectivity index (χ0n) is 13.0. The Kier molecular flexibility index (Phi) is 4.87. The molecule has 0 aliphatic carbocycles. The third kappa shape index (κ3) is 3.38. The summed E-state index contributed by atoms with van der Waals surface area (Å²) in [6, 6.07) is 0. The maximum Gasteiger partial charge on any atom is 0.319 e. The van der Waals surface area contributed by atoms with Crippen molar-refractivity contribution < 1.29 is 14.3 Å². The number of carbonyl (C=O) groups is 1. The minimum atomic E-state index is -0.160. The molecule has 8 heteroatoms. The van der Waals surface area contributed by atoms with Gasteiger partial charge >= 0.3 is 5.97 Å². The number of aromatic nitrogens is 3. The molecule has 2 saturated heterocycles. The van der Waals surface area contributed by atoms with Gasteiger partial charge in [0.25, 0.3) is 0 Å². The Morgan fingerprint density at radius 3 is 2.68 bits per heavy atom. The molecule has 1 atom stereocenters. The first-order valence-electron chi connectivity index (χ1n) is 7.74. The highest BCUT2D eigenvalue weighted by Gasteiger charge is 2.31. The number of morpholine rings is 1. The van der Waals surface area contributed by atoms with Crippen LogP contribution in [0.3, 0.4) is 0 Å². The molecule has 3 heterocycles. The molecule has 1 aromatic rings. The van der Waals surface area contributed by atoms with Gasteiger partial charge in [-0.3, -0.25) is 9.36 Å². The topological polar surface area (TPSA) is 69.5 Å². The lowest BCUT2D eigenvalue weighted by molar-refractivity contribution is -0.137. The molecule has 3 rings (SSSR count). The van der Waals surface area contributed by atoms with Crippen molar-refractivity contribution in [2.24, 2.45) is 5.92 Å². The van der Waals surface area contributed by atoms with E-state index in [4.69, 9.17) is 9.47 Å². The second-order valence-electron chi connectivity index (χ2n) is 5.95. The number of anilines is 1. The molecule has 0 unspecified atom stereocenters. The van der Waals surface area contributed by atoms with Crippen LogP contribution in [0.1, 0.15) is 20.3 Å². The molecule has 0 amide bonds. The van der Waals surface area contributed by atoms with Crippen molar-refractivity contribution in [1.82, 2.24) is 14.8 Å². The first kappa shape index (κ1) is 15.6. The van der Waals surface area contributed by atoms with E-state index in [0.717, 1.165) is 37.2 Å². The highest BCUT2D eigenvalue weighted by Crippen LogP contribution is 2.31. The second-order valence-corrected chi connectivity index (χ2v) is 7.12. The molecule has 1 aromatic heterocycles. The van der Waals surface area contributed by atoms with E-state index in [-0.39, 0.29) is 11.2 Å². The van der Waals surface area contributed by atoms with Crippen LogP contribution in [-0.4, -0.2) is 58.9 Å². The SMILES string of the molecule is CC(C)Cn1c(S[C@@H]2CCOC2=O)nnc1N1CCOCC1. The van der Waals surface area contributed by atoms with Crippen LogP contribution in [0, 0.1) is 5.92 Å². The summed E-state index contributed by atoms with van der Waals surface area (Å²) < 4.78 is 12.6. The van der Waals surface area contributed by atoms with Crippen LogP contribution in [0.5, 0.6) is 0 Å². The summed E-state index contributed by atoms with van der Waals surface area (Å²) in [4.78, 5) is 13.9. The van der Waals surface area contributed by atoms with Crippen LogP contribution in [0.2, 0.25) is 0 Å². The molecule has 0 aromatic carbocycles. The number of rotatable bonds is 5. The fourth-order valence-corrected chi connectivity index (χ4v) is 3.61. The lowest BCUT2D eigenvalue weighted by atomic mass is 10.2. The van der Waals surface area contributed by atoms with Gasteiger partial charge in [0.15, 0.2) is 5.16 Å². The summed E-state index contributed by atoms with van der Waals surface area (Å²) in [7, 11) is 0. The van der Waals surface area contributed by atoms with E-state index in [1.165, 1.54) is 11.8 Å². The van der Waals surface area contributed by atoms with Gasteiger partial charge in [-0.15, -0.1) is 10.2 Å². The third-order valence-electron chi connectivity index (χ3n) is 3.67. The molecular weight excluding hydrogens is 304 g/mol. The van der Waals surface area contributed by atoms with E-state index in [2.05, 4.69) is 33.5 Å². The van der Waals surface area contributed by atoms with Crippen molar-refractivity contribution >= 4 is 23.7 Å². The molecule has 2 aliphatic heterocycles. The van der Waals surface area contributed by atoms with Gasteiger partial charge < -0.3 is 14.4 Å². The fraction of sp³-hybridized carbons (Fsp3) is 0.786. The van der Waals surface area contributed by atoms with Crippen LogP contribution >= 0.6 is 11.8 Å². The number of nitrogens with zero attached hydrogens (tertiary/aromatic N) is 4. The number of thioether (sulfide) groups is 1. The minimum absolute atomic E-state index is 0.142. The van der Waals surface area contributed by atoms with E-state index in [1.807, 2.05) is 0 Å². The number of ether oxygens (including phenoxy) is 2. The largest absolute Gasteiger partial charge is 0.465 e. The van der Waals surface area contributed by atoms with E-state index in [9.17, 15) is 4.79 Å². The van der Waals surface area contributed by atoms with Crippen LogP contribution < -0.4 is 4.90 Å². The predicted molar refractivity (Wildman–Crippen MR) is 83.1 cm³/mol. The molecule has 22 heavy (non-hydrogen) atoms. The zero-order chi connectivity index (χ0) is 15.5. The number of hydrogen-bond donors (Lipinski definition) is 0. The molecule has 2 aliphatic rings. The monoisotopic (exact) mass is 326 g/mol. The van der Waals surface area contributed by atoms with Crippen molar-refractivity contribution in [2.75, 3.05) is 37.8 Å². The van der Waals surface area contributed by atoms with Crippen LogP contribution in [0.25, 0.3) is 0 Å². The highest BCUT2D eigenvalue weighted by atomic mass is 32.2. The van der Waals surface area contributed by atoms with Gasteiger partial charge in [0.1, 0.15) is 5.25 Å². The second kappa shape index (κ2) is 6.87. The molecule has 7 nitrogen and oxygen atoms in total. The van der Waals surface area contributed by atoms with Gasteiger partial charge in [0.05, 0.1) is 19.8 Å². The molecule has 0 bridgehead atoms. The van der Waals surface area contributed by atoms with Crippen molar-refractivity contribution in [3.05, 3.63) is 0 Å². The summed E-state index contributed by atoms with van der Waals surface area (Å²) >= 11 is 1.47. The van der Waals surface area contributed by atoms with Crippen LogP contribution in [0.4, 0.5) is 5.95 Å². The average Bonchev–Trinajstić information content (AvgIpc) is 3.08. The maximum absolute atomic E-state index is 11.7. The van der Waals surface area contributed by atoms with E-state index < -0.39 is 0 Å². The Labute approximate surface area is 134 Å². The van der Waals surface area contributed by atoms with Gasteiger partial charge in [-0.2, -0.15) is 0 Å². The first-order valence-corrected chi connectivity index (χ1v) is 8.62. The predicted octanol–water partition coefficient (Wildman–Crippen LogP) is 1.18. The van der Waals surface area contributed by atoms with Gasteiger partial charge in [0, 0.05) is 26.1 Å². The quantitative estimate of drug-likeness (QED) is 0.753. The number of esters is 1. The van der Waals surface area contributed by atoms with E-state index >= 15 is 0 Å². The fourth-order valence-electron chi connectivity index (χ4n) is 2.60. The van der Waals surface area contributed by atoms with Crippen molar-refractivity contribution in [2.45, 2.75) is 37.2 Å². The molecule has 0 N–H and O–H groups in total. The zero-order valence-corrected chi connectivity index (χ0v) is 13.8. The summed E-state index contributed by atoms with van der Waals surface area (Å²) in [5, 5.41) is 9.34. The molecule has 122 valence electrons. The molecule has 2 fully saturated rings. The maximum atomic E-state index is 11.7. The minimum Gasteiger partial charge on any atom is -0.465 e. The molecule has 0 saturated carbocycles.